The Labute approximate surface area is 243 Å². The molecule has 0 saturated carbocycles. The van der Waals surface area contributed by atoms with Gasteiger partial charge in [-0.3, -0.25) is 4.79 Å². The van der Waals surface area contributed by atoms with Gasteiger partial charge in [0.1, 0.15) is 29.8 Å². The summed E-state index contributed by atoms with van der Waals surface area (Å²) in [6, 6.07) is 7.96. The second kappa shape index (κ2) is 12.1. The van der Waals surface area contributed by atoms with Crippen LogP contribution in [0, 0.1) is 0 Å². The van der Waals surface area contributed by atoms with Crippen molar-refractivity contribution in [2.45, 2.75) is 51.0 Å². The summed E-state index contributed by atoms with van der Waals surface area (Å²) in [5, 5.41) is 19.0. The van der Waals surface area contributed by atoms with Crippen LogP contribution in [0.5, 0.6) is 11.5 Å². The number of ether oxygens (including phenoxy) is 2. The van der Waals surface area contributed by atoms with Crippen LogP contribution in [-0.4, -0.2) is 70.9 Å². The molecule has 0 radical (unpaired) electrons. The van der Waals surface area contributed by atoms with E-state index in [-0.39, 0.29) is 18.9 Å². The zero-order valence-corrected chi connectivity index (χ0v) is 23.6. The number of aryl methyl sites for hydroxylation is 1. The number of nitrogens with zero attached hydrogens (tertiary/aromatic N) is 4. The van der Waals surface area contributed by atoms with E-state index < -0.39 is 17.9 Å². The van der Waals surface area contributed by atoms with Crippen LogP contribution >= 0.6 is 0 Å². The quantitative estimate of drug-likeness (QED) is 0.299. The zero-order chi connectivity index (χ0) is 29.1. The summed E-state index contributed by atoms with van der Waals surface area (Å²) in [5.74, 6) is 2.17. The zero-order valence-electron chi connectivity index (χ0n) is 23.6. The number of benzene rings is 1. The third kappa shape index (κ3) is 5.74. The Morgan fingerprint density at radius 2 is 1.98 bits per heavy atom. The molecule has 3 aliphatic rings. The van der Waals surface area contributed by atoms with Gasteiger partial charge in [0.2, 0.25) is 6.79 Å². The highest BCUT2D eigenvalue weighted by atomic mass is 16.7. The van der Waals surface area contributed by atoms with Gasteiger partial charge in [-0.05, 0) is 61.9 Å². The number of piperidine rings is 1. The molecule has 42 heavy (non-hydrogen) atoms. The topological polar surface area (TPSA) is 151 Å². The first-order chi connectivity index (χ1) is 20.5. The van der Waals surface area contributed by atoms with E-state index in [0.717, 1.165) is 68.2 Å². The van der Waals surface area contributed by atoms with Gasteiger partial charge in [0.25, 0.3) is 5.91 Å². The van der Waals surface area contributed by atoms with Gasteiger partial charge in [0.05, 0.1) is 0 Å². The number of carboxylic acids is 1. The Morgan fingerprint density at radius 3 is 2.79 bits per heavy atom. The molecule has 3 aromatic rings. The van der Waals surface area contributed by atoms with Crippen LogP contribution in [0.3, 0.4) is 0 Å². The predicted octanol–water partition coefficient (Wildman–Crippen LogP) is 3.20. The monoisotopic (exact) mass is 573 g/mol. The molecule has 4 N–H and O–H groups in total. The maximum absolute atomic E-state index is 12.8. The second-order valence-electron chi connectivity index (χ2n) is 10.7. The maximum atomic E-state index is 12.8. The summed E-state index contributed by atoms with van der Waals surface area (Å²) < 4.78 is 10.6. The number of aliphatic carboxylic acids is 1. The van der Waals surface area contributed by atoms with Crippen molar-refractivity contribution in [2.75, 3.05) is 48.5 Å². The van der Waals surface area contributed by atoms with Crippen molar-refractivity contribution in [3.8, 4) is 11.5 Å². The van der Waals surface area contributed by atoms with Crippen LogP contribution in [0.15, 0.2) is 36.7 Å². The highest BCUT2D eigenvalue weighted by molar-refractivity contribution is 5.97. The minimum absolute atomic E-state index is 0.0464. The van der Waals surface area contributed by atoms with Crippen LogP contribution in [0.25, 0.3) is 0 Å². The minimum atomic E-state index is -1.18. The number of pyridine rings is 1. The molecule has 5 heterocycles. The van der Waals surface area contributed by atoms with Crippen molar-refractivity contribution < 1.29 is 24.2 Å². The smallest absolute Gasteiger partial charge is 0.328 e. The first-order valence-electron chi connectivity index (χ1n) is 14.5. The molecular weight excluding hydrogens is 538 g/mol. The number of anilines is 3. The number of carboxylic acid groups (broad SMARTS) is 1. The fourth-order valence-electron chi connectivity index (χ4n) is 5.79. The van der Waals surface area contributed by atoms with Crippen LogP contribution in [-0.2, 0) is 17.6 Å². The number of aromatic nitrogens is 3. The van der Waals surface area contributed by atoms with Gasteiger partial charge in [-0.25, -0.2) is 19.7 Å². The molecule has 1 fully saturated rings. The minimum Gasteiger partial charge on any atom is -0.480 e. The molecular formula is C30H35N7O5. The van der Waals surface area contributed by atoms with Gasteiger partial charge >= 0.3 is 5.97 Å². The molecule has 0 bridgehead atoms. The number of hydrogen-bond acceptors (Lipinski definition) is 10. The molecule has 12 nitrogen and oxygen atoms in total. The first-order valence-corrected chi connectivity index (χ1v) is 14.5. The van der Waals surface area contributed by atoms with Crippen LogP contribution in [0.2, 0.25) is 0 Å². The summed E-state index contributed by atoms with van der Waals surface area (Å²) in [6.07, 6.45) is 6.33. The van der Waals surface area contributed by atoms with Gasteiger partial charge in [-0.2, -0.15) is 0 Å². The largest absolute Gasteiger partial charge is 0.480 e. The molecule has 2 aromatic heterocycles. The number of carbonyl (C=O) groups excluding carboxylic acids is 1. The number of nitrogens with one attached hydrogen (secondary N) is 3. The highest BCUT2D eigenvalue weighted by Crippen LogP contribution is 2.34. The third-order valence-corrected chi connectivity index (χ3v) is 8.12. The summed E-state index contributed by atoms with van der Waals surface area (Å²) in [4.78, 5) is 41.1. The van der Waals surface area contributed by atoms with E-state index in [4.69, 9.17) is 14.5 Å². The van der Waals surface area contributed by atoms with Crippen molar-refractivity contribution >= 4 is 29.3 Å². The summed E-state index contributed by atoms with van der Waals surface area (Å²) >= 11 is 0. The van der Waals surface area contributed by atoms with E-state index in [0.29, 0.717) is 29.7 Å². The third-order valence-electron chi connectivity index (χ3n) is 8.12. The lowest BCUT2D eigenvalue weighted by Gasteiger charge is -2.34. The Kier molecular flexibility index (Phi) is 7.93. The van der Waals surface area contributed by atoms with Gasteiger partial charge in [-0.1, -0.05) is 13.0 Å². The van der Waals surface area contributed by atoms with Gasteiger partial charge in [0.15, 0.2) is 11.5 Å². The van der Waals surface area contributed by atoms with E-state index in [2.05, 4.69) is 43.0 Å². The average Bonchev–Trinajstić information content (AvgIpc) is 3.50. The van der Waals surface area contributed by atoms with E-state index in [1.165, 1.54) is 18.0 Å². The Morgan fingerprint density at radius 1 is 1.14 bits per heavy atom. The highest BCUT2D eigenvalue weighted by Gasteiger charge is 2.27. The molecule has 3 aliphatic heterocycles. The molecule has 1 amide bonds. The van der Waals surface area contributed by atoms with E-state index in [9.17, 15) is 14.7 Å². The van der Waals surface area contributed by atoms with E-state index >= 15 is 0 Å². The molecule has 12 heteroatoms. The van der Waals surface area contributed by atoms with Crippen LogP contribution < -0.4 is 30.3 Å². The van der Waals surface area contributed by atoms with Crippen LogP contribution in [0.1, 0.15) is 59.3 Å². The van der Waals surface area contributed by atoms with E-state index in [1.54, 1.807) is 12.1 Å². The molecule has 1 atom stereocenters. The molecule has 220 valence electrons. The van der Waals surface area contributed by atoms with Crippen molar-refractivity contribution in [1.29, 1.82) is 0 Å². The summed E-state index contributed by atoms with van der Waals surface area (Å²) in [6.45, 7) is 4.72. The van der Waals surface area contributed by atoms with Crippen molar-refractivity contribution in [3.05, 3.63) is 59.0 Å². The lowest BCUT2D eigenvalue weighted by molar-refractivity contribution is -0.138. The van der Waals surface area contributed by atoms with Crippen molar-refractivity contribution in [3.63, 3.8) is 0 Å². The van der Waals surface area contributed by atoms with Crippen molar-refractivity contribution in [1.82, 2.24) is 20.3 Å². The van der Waals surface area contributed by atoms with Gasteiger partial charge < -0.3 is 35.4 Å². The van der Waals surface area contributed by atoms with Gasteiger partial charge in [0, 0.05) is 48.9 Å². The summed E-state index contributed by atoms with van der Waals surface area (Å²) in [7, 11) is 0. The fourth-order valence-corrected chi connectivity index (χ4v) is 5.79. The Balaban J connectivity index is 1.10. The molecule has 1 aromatic carbocycles. The SMILES string of the molecule is CCc1c(NC[C@H](NC(=O)c2ccc3c(c2)OCO3)C(=O)O)ncnc1N1CCC(c2ccc3c(n2)NCCC3)CC1. The lowest BCUT2D eigenvalue weighted by atomic mass is 9.92. The lowest BCUT2D eigenvalue weighted by Crippen LogP contribution is -2.45. The van der Waals surface area contributed by atoms with Crippen LogP contribution in [0.4, 0.5) is 17.5 Å². The fraction of sp³-hybridized carbons (Fsp3) is 0.433. The Hall–Kier alpha value is -4.61. The standard InChI is InChI=1S/C30H35N7O5/c1-2-21-27(32-15-23(30(39)40)36-29(38)20-6-8-24-25(14-20)42-17-41-24)33-16-34-28(21)37-12-9-18(10-13-37)22-7-5-19-4-3-11-31-26(19)35-22/h5-8,14,16,18,23H,2-4,9-13,15,17H2,1H3,(H,31,35)(H,36,38)(H,39,40)(H,32,33,34)/t23-/m0/s1. The molecule has 0 unspecified atom stereocenters. The maximum Gasteiger partial charge on any atom is 0.328 e. The number of fused-ring (bicyclic) bond motifs is 2. The number of hydrogen-bond donors (Lipinski definition) is 4. The van der Waals surface area contributed by atoms with Crippen molar-refractivity contribution in [2.24, 2.45) is 0 Å². The van der Waals surface area contributed by atoms with Gasteiger partial charge in [-0.15, -0.1) is 0 Å². The second-order valence-corrected chi connectivity index (χ2v) is 10.7. The van der Waals surface area contributed by atoms with E-state index in [1.807, 2.05) is 6.92 Å². The number of rotatable bonds is 9. The molecule has 6 rings (SSSR count). The predicted molar refractivity (Wildman–Crippen MR) is 157 cm³/mol. The molecule has 0 spiro atoms. The normalized spacial score (nSPS) is 16.7. The summed E-state index contributed by atoms with van der Waals surface area (Å²) in [5.41, 5.74) is 3.65. The Bertz CT molecular complexity index is 1470. The number of carbonyl (C=O) groups is 2. The molecule has 1 saturated heterocycles. The number of amides is 1. The average molecular weight is 574 g/mol. The molecule has 0 aliphatic carbocycles. The first kappa shape index (κ1) is 27.6.